The molecule has 0 aliphatic carbocycles. The Labute approximate surface area is 125 Å². The van der Waals surface area contributed by atoms with E-state index in [4.69, 9.17) is 0 Å². The van der Waals surface area contributed by atoms with Crippen LogP contribution in [0.4, 0.5) is 13.2 Å². The zero-order valence-corrected chi connectivity index (χ0v) is 12.2. The van der Waals surface area contributed by atoms with Gasteiger partial charge in [-0.2, -0.15) is 18.3 Å². The summed E-state index contributed by atoms with van der Waals surface area (Å²) in [6.45, 7) is 2.47. The Kier molecular flexibility index (Phi) is 4.43. The number of aromatic nitrogens is 2. The molecule has 1 saturated heterocycles. The van der Waals surface area contributed by atoms with E-state index in [-0.39, 0.29) is 24.7 Å². The molecule has 2 rings (SSSR count). The van der Waals surface area contributed by atoms with E-state index in [0.717, 1.165) is 0 Å². The molecule has 2 amide bonds. The number of carbonyl (C=O) groups excluding carboxylic acids is 2. The number of likely N-dealkylation sites (tertiary alicyclic amines) is 1. The molecule has 0 radical (unpaired) electrons. The van der Waals surface area contributed by atoms with Crippen LogP contribution in [0.2, 0.25) is 0 Å². The molecule has 22 heavy (non-hydrogen) atoms. The summed E-state index contributed by atoms with van der Waals surface area (Å²) in [5, 5.41) is 6.49. The molecular weight excluding hydrogens is 301 g/mol. The van der Waals surface area contributed by atoms with Crippen molar-refractivity contribution in [3.05, 3.63) is 18.0 Å². The number of hydrogen-bond donors (Lipinski definition) is 1. The summed E-state index contributed by atoms with van der Waals surface area (Å²) < 4.78 is 38.5. The van der Waals surface area contributed by atoms with Crippen LogP contribution in [0.5, 0.6) is 0 Å². The van der Waals surface area contributed by atoms with Gasteiger partial charge in [0, 0.05) is 18.8 Å². The van der Waals surface area contributed by atoms with Gasteiger partial charge in [0.1, 0.15) is 18.3 Å². The summed E-state index contributed by atoms with van der Waals surface area (Å²) >= 11 is 0. The minimum atomic E-state index is -4.44. The highest BCUT2D eigenvalue weighted by atomic mass is 19.4. The zero-order valence-electron chi connectivity index (χ0n) is 12.2. The maximum atomic E-state index is 12.3. The van der Waals surface area contributed by atoms with Gasteiger partial charge in [-0.15, -0.1) is 0 Å². The van der Waals surface area contributed by atoms with E-state index in [1.54, 1.807) is 10.9 Å². The van der Waals surface area contributed by atoms with Gasteiger partial charge in [0.05, 0.1) is 0 Å². The Balaban J connectivity index is 1.96. The molecule has 0 saturated carbocycles. The summed E-state index contributed by atoms with van der Waals surface area (Å²) in [4.78, 5) is 24.5. The third-order valence-corrected chi connectivity index (χ3v) is 3.34. The highest BCUT2D eigenvalue weighted by Crippen LogP contribution is 2.21. The molecule has 1 aromatic heterocycles. The van der Waals surface area contributed by atoms with Crippen molar-refractivity contribution >= 4 is 11.8 Å². The molecule has 122 valence electrons. The lowest BCUT2D eigenvalue weighted by molar-refractivity contribution is -0.157. The molecule has 1 aliphatic heterocycles. The van der Waals surface area contributed by atoms with Crippen LogP contribution in [0.25, 0.3) is 0 Å². The number of alkyl halides is 3. The molecule has 2 heterocycles. The molecule has 1 N–H and O–H groups in total. The lowest BCUT2D eigenvalue weighted by Gasteiger charge is -2.18. The molecule has 1 unspecified atom stereocenters. The van der Waals surface area contributed by atoms with Gasteiger partial charge >= 0.3 is 6.18 Å². The predicted molar refractivity (Wildman–Crippen MR) is 71.1 cm³/mol. The quantitative estimate of drug-likeness (QED) is 0.911. The molecular formula is C13H17F3N4O2. The molecule has 6 nitrogen and oxygen atoms in total. The first-order chi connectivity index (χ1) is 10.2. The molecule has 9 heteroatoms. The van der Waals surface area contributed by atoms with Crippen LogP contribution >= 0.6 is 0 Å². The van der Waals surface area contributed by atoms with Crippen molar-refractivity contribution in [3.63, 3.8) is 0 Å². The first kappa shape index (κ1) is 16.3. The molecule has 0 spiro atoms. The summed E-state index contributed by atoms with van der Waals surface area (Å²) in [6.07, 6.45) is -2.65. The van der Waals surface area contributed by atoms with Crippen molar-refractivity contribution in [2.24, 2.45) is 0 Å². The van der Waals surface area contributed by atoms with Crippen LogP contribution in [0.1, 0.15) is 36.8 Å². The summed E-state index contributed by atoms with van der Waals surface area (Å²) in [7, 11) is 0. The standard InChI is InChI=1S/C13H17F3N4O2/c1-8(2)20-6-4-9(18-20)11(21)17-10-3-5-19(12(10)22)7-13(14,15)16/h4,6,8,10H,3,5,7H2,1-2H3,(H,17,21). The molecule has 0 aromatic carbocycles. The van der Waals surface area contributed by atoms with Crippen LogP contribution in [-0.4, -0.2) is 51.8 Å². The van der Waals surface area contributed by atoms with E-state index >= 15 is 0 Å². The Hall–Kier alpha value is -2.06. The Bertz CT molecular complexity index is 568. The fourth-order valence-electron chi connectivity index (χ4n) is 2.23. The largest absolute Gasteiger partial charge is 0.406 e. The van der Waals surface area contributed by atoms with Gasteiger partial charge in [-0.3, -0.25) is 14.3 Å². The second kappa shape index (κ2) is 5.98. The fraction of sp³-hybridized carbons (Fsp3) is 0.615. The Morgan fingerprint density at radius 2 is 2.18 bits per heavy atom. The van der Waals surface area contributed by atoms with Crippen LogP contribution in [0.3, 0.4) is 0 Å². The van der Waals surface area contributed by atoms with Crippen molar-refractivity contribution in [3.8, 4) is 0 Å². The third kappa shape index (κ3) is 3.77. The van der Waals surface area contributed by atoms with Gasteiger partial charge in [0.15, 0.2) is 0 Å². The number of carbonyl (C=O) groups is 2. The Morgan fingerprint density at radius 3 is 2.73 bits per heavy atom. The van der Waals surface area contributed by atoms with Gasteiger partial charge in [0.2, 0.25) is 5.91 Å². The Morgan fingerprint density at radius 1 is 1.50 bits per heavy atom. The molecule has 1 aliphatic rings. The highest BCUT2D eigenvalue weighted by Gasteiger charge is 2.39. The smallest absolute Gasteiger partial charge is 0.339 e. The van der Waals surface area contributed by atoms with Crippen LogP contribution in [-0.2, 0) is 4.79 Å². The van der Waals surface area contributed by atoms with Crippen molar-refractivity contribution in [1.82, 2.24) is 20.0 Å². The first-order valence-electron chi connectivity index (χ1n) is 6.89. The number of rotatable bonds is 4. The van der Waals surface area contributed by atoms with Gasteiger partial charge in [-0.1, -0.05) is 0 Å². The molecule has 1 aromatic rings. The first-order valence-corrected chi connectivity index (χ1v) is 6.89. The van der Waals surface area contributed by atoms with Crippen LogP contribution in [0, 0.1) is 0 Å². The van der Waals surface area contributed by atoms with Crippen LogP contribution in [0.15, 0.2) is 12.3 Å². The number of amides is 2. The molecule has 1 atom stereocenters. The number of nitrogens with one attached hydrogen (secondary N) is 1. The van der Waals surface area contributed by atoms with Gasteiger partial charge in [-0.05, 0) is 26.3 Å². The highest BCUT2D eigenvalue weighted by molar-refractivity contribution is 5.96. The van der Waals surface area contributed by atoms with Crippen molar-refractivity contribution in [2.75, 3.05) is 13.1 Å². The van der Waals surface area contributed by atoms with Gasteiger partial charge < -0.3 is 10.2 Å². The number of halogens is 3. The van der Waals surface area contributed by atoms with E-state index < -0.39 is 30.6 Å². The fourth-order valence-corrected chi connectivity index (χ4v) is 2.23. The summed E-state index contributed by atoms with van der Waals surface area (Å²) in [6, 6.07) is 0.651. The topological polar surface area (TPSA) is 67.2 Å². The predicted octanol–water partition coefficient (Wildman–Crippen LogP) is 1.36. The lowest BCUT2D eigenvalue weighted by atomic mass is 10.2. The third-order valence-electron chi connectivity index (χ3n) is 3.34. The van der Waals surface area contributed by atoms with E-state index in [1.807, 2.05) is 13.8 Å². The average Bonchev–Trinajstić information content (AvgIpc) is 2.99. The summed E-state index contributed by atoms with van der Waals surface area (Å²) in [5.74, 6) is -1.28. The maximum Gasteiger partial charge on any atom is 0.406 e. The molecule has 0 bridgehead atoms. The summed E-state index contributed by atoms with van der Waals surface area (Å²) in [5.41, 5.74) is 0.135. The average molecular weight is 318 g/mol. The normalized spacial score (nSPS) is 19.1. The van der Waals surface area contributed by atoms with Gasteiger partial charge in [-0.25, -0.2) is 0 Å². The molecule has 1 fully saturated rings. The van der Waals surface area contributed by atoms with E-state index in [0.29, 0.717) is 4.90 Å². The SMILES string of the molecule is CC(C)n1ccc(C(=O)NC2CCN(CC(F)(F)F)C2=O)n1. The second-order valence-corrected chi connectivity index (χ2v) is 5.46. The maximum absolute atomic E-state index is 12.3. The van der Waals surface area contributed by atoms with Gasteiger partial charge in [0.25, 0.3) is 5.91 Å². The zero-order chi connectivity index (χ0) is 16.5. The van der Waals surface area contributed by atoms with Crippen molar-refractivity contribution in [1.29, 1.82) is 0 Å². The minimum absolute atomic E-state index is 0.0241. The monoisotopic (exact) mass is 318 g/mol. The van der Waals surface area contributed by atoms with Crippen LogP contribution < -0.4 is 5.32 Å². The van der Waals surface area contributed by atoms with Crippen molar-refractivity contribution < 1.29 is 22.8 Å². The van der Waals surface area contributed by atoms with E-state index in [1.165, 1.54) is 6.07 Å². The number of nitrogens with zero attached hydrogens (tertiary/aromatic N) is 3. The van der Waals surface area contributed by atoms with E-state index in [2.05, 4.69) is 10.4 Å². The number of hydrogen-bond acceptors (Lipinski definition) is 3. The minimum Gasteiger partial charge on any atom is -0.339 e. The second-order valence-electron chi connectivity index (χ2n) is 5.46. The van der Waals surface area contributed by atoms with Crippen molar-refractivity contribution in [2.45, 2.75) is 38.5 Å². The van der Waals surface area contributed by atoms with E-state index in [9.17, 15) is 22.8 Å². The lowest BCUT2D eigenvalue weighted by Crippen LogP contribution is -2.43.